The van der Waals surface area contributed by atoms with Crippen LogP contribution in [-0.2, 0) is 19.4 Å². The smallest absolute Gasteiger partial charge is 0.393 e. The van der Waals surface area contributed by atoms with Crippen LogP contribution in [0, 0.1) is 34.5 Å². The number of carbonyl (C=O) groups is 1. The van der Waals surface area contributed by atoms with Crippen molar-refractivity contribution in [3.63, 3.8) is 0 Å². The van der Waals surface area contributed by atoms with Crippen molar-refractivity contribution in [2.24, 2.45) is 34.5 Å². The van der Waals surface area contributed by atoms with Crippen molar-refractivity contribution < 1.29 is 44.1 Å². The fraction of sp³-hybridized carbons (Fsp3) is 0.952. The normalized spacial score (nSPS) is 59.3. The second kappa shape index (κ2) is 7.22. The van der Waals surface area contributed by atoms with Gasteiger partial charge in [-0.15, -0.1) is 0 Å². The molecule has 0 aliphatic heterocycles. The van der Waals surface area contributed by atoms with Gasteiger partial charge in [-0.25, -0.2) is 4.18 Å². The van der Waals surface area contributed by atoms with Crippen LogP contribution in [0.2, 0.25) is 0 Å². The lowest BCUT2D eigenvalue weighted by atomic mass is 9.43. The Morgan fingerprint density at radius 1 is 1.27 bits per heavy atom. The summed E-state index contributed by atoms with van der Waals surface area (Å²) in [6.07, 6.45) is -9.58. The number of aliphatic hydroxyl groups is 3. The highest BCUT2D eigenvalue weighted by atomic mass is 32.3. The molecule has 0 aromatic carbocycles. The first-order valence-electron chi connectivity index (χ1n) is 12.9. The minimum Gasteiger partial charge on any atom is -0.393 e. The lowest BCUT2D eigenvalue weighted by Crippen LogP contribution is -2.63. The number of Topliss-reactive ketones (excluding diaryl/α,β-unsaturated/α-hetero) is 1. The van der Waals surface area contributed by atoms with Crippen LogP contribution in [0.5, 0.6) is 0 Å². The first-order chi connectivity index (χ1) is 15.7. The van der Waals surface area contributed by atoms with Crippen LogP contribution >= 0.6 is 0 Å². The third-order valence-electron chi connectivity index (χ3n) is 8.68. The molecule has 0 radical (unpaired) electrons. The summed E-state index contributed by atoms with van der Waals surface area (Å²) in [6.45, 7) is 2.53. The summed E-state index contributed by atoms with van der Waals surface area (Å²) >= 11 is 0. The zero-order chi connectivity index (χ0) is 26.6. The summed E-state index contributed by atoms with van der Waals surface area (Å²) in [7, 11) is -5.36. The molecule has 30 heavy (non-hydrogen) atoms. The number of carbonyl (C=O) groups excluding carboxylic acids is 1. The number of hydrogen-bond donors (Lipinski definition) is 4. The molecule has 0 saturated heterocycles. The molecule has 4 rings (SSSR count). The third kappa shape index (κ3) is 3.19. The van der Waals surface area contributed by atoms with Gasteiger partial charge in [-0.3, -0.25) is 9.35 Å². The number of ketones is 1. The van der Waals surface area contributed by atoms with Gasteiger partial charge in [0.25, 0.3) is 0 Å². The molecule has 0 unspecified atom stereocenters. The SMILES string of the molecule is [2H]C1([2H])C[C@]2(C)[C@@H]3[C@@H](CC[C@H]2C([2H])([2H])[C@]1([2H])OS(=O)(=O)O)[C@@H]1CC[C@](O)(C(=O)CO)[C@@]1(C)C[C@@H]3O. The van der Waals surface area contributed by atoms with E-state index in [-0.39, 0.29) is 31.1 Å². The molecule has 0 heterocycles. The summed E-state index contributed by atoms with van der Waals surface area (Å²) in [5.41, 5.74) is -4.06. The van der Waals surface area contributed by atoms with Crippen LogP contribution in [0.4, 0.5) is 0 Å². The molecular weight excluding hydrogens is 412 g/mol. The average Bonchev–Trinajstić information content (AvgIpc) is 2.95. The second-order valence-electron chi connectivity index (χ2n) is 9.94. The van der Waals surface area contributed by atoms with Gasteiger partial charge >= 0.3 is 10.4 Å². The van der Waals surface area contributed by atoms with Crippen molar-refractivity contribution in [1.29, 1.82) is 0 Å². The van der Waals surface area contributed by atoms with Crippen molar-refractivity contribution in [2.75, 3.05) is 6.61 Å². The summed E-state index contributed by atoms with van der Waals surface area (Å²) in [5, 5.41) is 32.2. The lowest BCUT2D eigenvalue weighted by Gasteiger charge is -2.62. The topological polar surface area (TPSA) is 141 Å². The summed E-state index contributed by atoms with van der Waals surface area (Å²) in [6, 6.07) is 0. The zero-order valence-electron chi connectivity index (χ0n) is 22.2. The summed E-state index contributed by atoms with van der Waals surface area (Å²) < 4.78 is 79.5. The Hall–Kier alpha value is -0.580. The van der Waals surface area contributed by atoms with Gasteiger partial charge < -0.3 is 15.3 Å². The molecule has 4 aliphatic carbocycles. The van der Waals surface area contributed by atoms with E-state index in [1.165, 1.54) is 0 Å². The largest absolute Gasteiger partial charge is 0.397 e. The Labute approximate surface area is 185 Å². The van der Waals surface area contributed by atoms with E-state index in [0.717, 1.165) is 0 Å². The molecule has 4 N–H and O–H groups in total. The standard InChI is InChI=1S/C21H34O8S/c1-19-7-5-13(29-30(26,27)28)9-12(19)3-4-14-15-6-8-21(25,17(24)11-22)20(15,2)10-16(23)18(14)19/h12-16,18,22-23,25H,3-11H2,1-2H3,(H,26,27,28)/t12-,13+,14-,15-,16-,18+,19-,20-,21-/m0/s1/i5D2,9D2,13D. The Morgan fingerprint density at radius 2 is 1.97 bits per heavy atom. The van der Waals surface area contributed by atoms with Gasteiger partial charge in [0.2, 0.25) is 0 Å². The molecule has 172 valence electrons. The maximum absolute atomic E-state index is 12.5. The highest BCUT2D eigenvalue weighted by Crippen LogP contribution is 2.68. The number of fused-ring (bicyclic) bond motifs is 5. The lowest BCUT2D eigenvalue weighted by molar-refractivity contribution is -0.202. The Kier molecular flexibility index (Phi) is 4.08. The minimum atomic E-state index is -5.36. The molecule has 0 amide bonds. The molecule has 0 bridgehead atoms. The van der Waals surface area contributed by atoms with E-state index in [1.54, 1.807) is 13.8 Å². The Morgan fingerprint density at radius 3 is 2.60 bits per heavy atom. The average molecular weight is 452 g/mol. The van der Waals surface area contributed by atoms with E-state index in [4.69, 9.17) is 6.85 Å². The molecule has 4 aliphatic rings. The first-order valence-corrected chi connectivity index (χ1v) is 11.8. The quantitative estimate of drug-likeness (QED) is 0.471. The predicted molar refractivity (Wildman–Crippen MR) is 107 cm³/mol. The molecule has 9 heteroatoms. The molecule has 9 atom stereocenters. The van der Waals surface area contributed by atoms with E-state index in [2.05, 4.69) is 4.18 Å². The maximum atomic E-state index is 12.5. The number of rotatable bonds is 4. The monoisotopic (exact) mass is 451 g/mol. The van der Waals surface area contributed by atoms with E-state index in [9.17, 15) is 33.1 Å². The fourth-order valence-corrected chi connectivity index (χ4v) is 7.63. The van der Waals surface area contributed by atoms with Crippen molar-refractivity contribution in [3.8, 4) is 0 Å². The van der Waals surface area contributed by atoms with Crippen LogP contribution in [-0.4, -0.2) is 58.5 Å². The molecule has 8 nitrogen and oxygen atoms in total. The van der Waals surface area contributed by atoms with Gasteiger partial charge in [0.1, 0.15) is 12.2 Å². The fourth-order valence-electron chi connectivity index (χ4n) is 7.32. The van der Waals surface area contributed by atoms with Crippen molar-refractivity contribution >= 4 is 16.2 Å². The van der Waals surface area contributed by atoms with Gasteiger partial charge in [0.05, 0.1) is 13.6 Å². The number of aliphatic hydroxyl groups excluding tert-OH is 2. The van der Waals surface area contributed by atoms with E-state index in [1.807, 2.05) is 0 Å². The second-order valence-corrected chi connectivity index (χ2v) is 11.0. The van der Waals surface area contributed by atoms with Crippen molar-refractivity contribution in [1.82, 2.24) is 0 Å². The molecule has 0 aromatic rings. The Balaban J connectivity index is 1.78. The van der Waals surface area contributed by atoms with E-state index in [0.29, 0.717) is 12.8 Å². The highest BCUT2D eigenvalue weighted by molar-refractivity contribution is 7.80. The minimum absolute atomic E-state index is 0.0110. The van der Waals surface area contributed by atoms with Crippen LogP contribution in [0.1, 0.15) is 72.0 Å². The molecule has 4 fully saturated rings. The van der Waals surface area contributed by atoms with Gasteiger partial charge in [0.15, 0.2) is 5.78 Å². The third-order valence-corrected chi connectivity index (χ3v) is 9.06. The highest BCUT2D eigenvalue weighted by Gasteiger charge is 2.68. The van der Waals surface area contributed by atoms with E-state index < -0.39 is 82.4 Å². The van der Waals surface area contributed by atoms with Gasteiger partial charge in [-0.05, 0) is 80.4 Å². The maximum Gasteiger partial charge on any atom is 0.397 e. The van der Waals surface area contributed by atoms with Crippen LogP contribution < -0.4 is 0 Å². The van der Waals surface area contributed by atoms with Gasteiger partial charge in [-0.2, -0.15) is 8.42 Å². The van der Waals surface area contributed by atoms with Crippen LogP contribution in [0.15, 0.2) is 0 Å². The van der Waals surface area contributed by atoms with Gasteiger partial charge in [-0.1, -0.05) is 13.8 Å². The molecular formula is C21H34O8S. The van der Waals surface area contributed by atoms with E-state index >= 15 is 0 Å². The first kappa shape index (κ1) is 17.0. The van der Waals surface area contributed by atoms with Crippen LogP contribution in [0.3, 0.4) is 0 Å². The number of hydrogen-bond acceptors (Lipinski definition) is 7. The summed E-state index contributed by atoms with van der Waals surface area (Å²) in [5.74, 6) is -2.97. The molecule has 0 spiro atoms. The Bertz CT molecular complexity index is 1030. The molecule has 4 saturated carbocycles. The van der Waals surface area contributed by atoms with Crippen molar-refractivity contribution in [3.05, 3.63) is 0 Å². The summed E-state index contributed by atoms with van der Waals surface area (Å²) in [4.78, 5) is 12.5. The van der Waals surface area contributed by atoms with Crippen LogP contribution in [0.25, 0.3) is 0 Å². The van der Waals surface area contributed by atoms with Gasteiger partial charge in [0, 0.05) is 10.9 Å². The zero-order valence-corrected chi connectivity index (χ0v) is 18.0. The predicted octanol–water partition coefficient (Wildman–Crippen LogP) is 1.48. The van der Waals surface area contributed by atoms with Crippen molar-refractivity contribution in [2.45, 2.75) is 82.9 Å². The molecule has 0 aromatic heterocycles.